The zero-order chi connectivity index (χ0) is 36.5. The van der Waals surface area contributed by atoms with Gasteiger partial charge in [0.2, 0.25) is 0 Å². The molecule has 10 atom stereocenters. The number of piperazine rings is 1. The predicted molar refractivity (Wildman–Crippen MR) is 189 cm³/mol. The first-order valence-electron chi connectivity index (χ1n) is 17.9. The van der Waals surface area contributed by atoms with Crippen LogP contribution < -0.4 is 0 Å². The van der Waals surface area contributed by atoms with Gasteiger partial charge in [0.05, 0.1) is 36.4 Å². The molecule has 0 aromatic carbocycles. The van der Waals surface area contributed by atoms with Gasteiger partial charge < -0.3 is 39.5 Å². The maximum Gasteiger partial charge on any atom is 0.410 e. The molecule has 0 bridgehead atoms. The zero-order valence-electron chi connectivity index (χ0n) is 30.9. The normalized spacial score (nSPS) is 33.1. The lowest BCUT2D eigenvalue weighted by Gasteiger charge is -2.37. The van der Waals surface area contributed by atoms with Crippen molar-refractivity contribution < 1.29 is 44.2 Å². The van der Waals surface area contributed by atoms with Crippen LogP contribution in [-0.2, 0) is 19.0 Å². The highest BCUT2D eigenvalue weighted by atomic mass is 16.6. The highest BCUT2D eigenvalue weighted by Gasteiger charge is 2.47. The molecule has 3 aliphatic heterocycles. The number of hydrogen-bond acceptors (Lipinski definition) is 10. The van der Waals surface area contributed by atoms with Crippen molar-refractivity contribution in [2.75, 3.05) is 32.7 Å². The van der Waals surface area contributed by atoms with Crippen molar-refractivity contribution in [2.24, 2.45) is 11.8 Å². The molecule has 4 N–H and O–H groups in total. The summed E-state index contributed by atoms with van der Waals surface area (Å²) >= 11 is 0. The molecular formula is C38H62N2O9. The lowest BCUT2D eigenvalue weighted by molar-refractivity contribution is -0.151. The van der Waals surface area contributed by atoms with Crippen LogP contribution in [0.25, 0.3) is 0 Å². The van der Waals surface area contributed by atoms with Crippen LogP contribution in [0.1, 0.15) is 87.5 Å². The van der Waals surface area contributed by atoms with Crippen molar-refractivity contribution in [1.82, 2.24) is 9.80 Å². The standard InChI is InChI=1S/C38H62N2O9/c1-9-30(42)28(6)35-31(47-35)24-37(7,45)16-10-11-26(4)34-27(5)12-13-32(38(8,46)17-14-29(41)23-33(43)49-34)48-36(44)40-21-19-39(20-22-40)18-15-25(2)3/h10-13,15-16,27-32,34-35,41-42,45-46H,9,14,17-24H2,1-8H3. The van der Waals surface area contributed by atoms with Gasteiger partial charge in [-0.05, 0) is 65.5 Å². The second-order valence-corrected chi connectivity index (χ2v) is 15.1. The molecule has 278 valence electrons. The molecular weight excluding hydrogens is 628 g/mol. The summed E-state index contributed by atoms with van der Waals surface area (Å²) in [6, 6.07) is 0. The van der Waals surface area contributed by atoms with Gasteiger partial charge in [-0.3, -0.25) is 9.69 Å². The van der Waals surface area contributed by atoms with E-state index in [2.05, 4.69) is 24.8 Å². The molecule has 2 saturated heterocycles. The Morgan fingerprint density at radius 2 is 1.88 bits per heavy atom. The van der Waals surface area contributed by atoms with Gasteiger partial charge in [0.25, 0.3) is 0 Å². The third kappa shape index (κ3) is 12.9. The minimum Gasteiger partial charge on any atom is -0.457 e. The summed E-state index contributed by atoms with van der Waals surface area (Å²) in [6.07, 6.45) is 7.84. The van der Waals surface area contributed by atoms with Gasteiger partial charge in [-0.15, -0.1) is 0 Å². The largest absolute Gasteiger partial charge is 0.457 e. The summed E-state index contributed by atoms with van der Waals surface area (Å²) in [7, 11) is 0. The van der Waals surface area contributed by atoms with E-state index < -0.39 is 47.7 Å². The highest BCUT2D eigenvalue weighted by molar-refractivity contribution is 5.70. The minimum atomic E-state index is -1.49. The Kier molecular flexibility index (Phi) is 15.1. The van der Waals surface area contributed by atoms with Crippen LogP contribution in [0.5, 0.6) is 0 Å². The fraction of sp³-hybridized carbons (Fsp3) is 0.737. The van der Waals surface area contributed by atoms with E-state index in [-0.39, 0.29) is 43.3 Å². The number of cyclic esters (lactones) is 1. The number of aliphatic hydroxyl groups is 4. The third-order valence-electron chi connectivity index (χ3n) is 9.98. The van der Waals surface area contributed by atoms with Crippen molar-refractivity contribution in [3.8, 4) is 0 Å². The lowest BCUT2D eigenvalue weighted by atomic mass is 9.88. The molecule has 0 spiro atoms. The van der Waals surface area contributed by atoms with Gasteiger partial charge in [0, 0.05) is 51.0 Å². The van der Waals surface area contributed by atoms with Crippen LogP contribution in [0.15, 0.2) is 47.6 Å². The fourth-order valence-electron chi connectivity index (χ4n) is 6.41. The number of ether oxygens (including phenoxy) is 3. The molecule has 3 aliphatic rings. The van der Waals surface area contributed by atoms with Crippen LogP contribution in [0.4, 0.5) is 4.79 Å². The zero-order valence-corrected chi connectivity index (χ0v) is 30.9. The molecule has 0 saturated carbocycles. The van der Waals surface area contributed by atoms with Crippen molar-refractivity contribution in [1.29, 1.82) is 0 Å². The molecule has 1 amide bonds. The Balaban J connectivity index is 1.72. The van der Waals surface area contributed by atoms with Crippen LogP contribution in [0.2, 0.25) is 0 Å². The first kappa shape index (κ1) is 40.9. The number of allylic oxidation sites excluding steroid dienone is 3. The fourth-order valence-corrected chi connectivity index (χ4v) is 6.41. The van der Waals surface area contributed by atoms with E-state index in [4.69, 9.17) is 14.2 Å². The van der Waals surface area contributed by atoms with E-state index >= 15 is 0 Å². The number of amides is 1. The van der Waals surface area contributed by atoms with Crippen LogP contribution in [0, 0.1) is 11.8 Å². The number of epoxide rings is 1. The van der Waals surface area contributed by atoms with Crippen molar-refractivity contribution in [3.05, 3.63) is 47.6 Å². The number of rotatable bonds is 11. The highest BCUT2D eigenvalue weighted by Crippen LogP contribution is 2.37. The average Bonchev–Trinajstić information content (AvgIpc) is 3.80. The third-order valence-corrected chi connectivity index (χ3v) is 9.98. The average molecular weight is 691 g/mol. The lowest BCUT2D eigenvalue weighted by Crippen LogP contribution is -2.51. The SMILES string of the molecule is CCC(O)C(C)C1OC1CC(C)(O)C=CC=C(C)C1OC(=O)CC(O)CCC(C)(O)C(OC(=O)N2CCN(CC=C(C)C)CC2)C=CC1C. The Hall–Kier alpha value is -2.54. The van der Waals surface area contributed by atoms with Crippen LogP contribution in [-0.4, -0.2) is 123 Å². The topological polar surface area (TPSA) is 153 Å². The van der Waals surface area contributed by atoms with Gasteiger partial charge in [-0.2, -0.15) is 0 Å². The van der Waals surface area contributed by atoms with E-state index in [9.17, 15) is 30.0 Å². The molecule has 2 fully saturated rings. The Bertz CT molecular complexity index is 1210. The predicted octanol–water partition coefficient (Wildman–Crippen LogP) is 4.29. The summed E-state index contributed by atoms with van der Waals surface area (Å²) in [4.78, 5) is 30.1. The number of carbonyl (C=O) groups excluding carboxylic acids is 2. The van der Waals surface area contributed by atoms with Gasteiger partial charge in [-0.25, -0.2) is 4.79 Å². The summed E-state index contributed by atoms with van der Waals surface area (Å²) in [5, 5.41) is 43.3. The summed E-state index contributed by atoms with van der Waals surface area (Å²) < 4.78 is 17.5. The number of hydrogen-bond donors (Lipinski definition) is 4. The van der Waals surface area contributed by atoms with E-state index in [0.717, 1.165) is 19.6 Å². The number of esters is 1. The molecule has 10 unspecified atom stereocenters. The first-order chi connectivity index (χ1) is 22.9. The Morgan fingerprint density at radius 1 is 1.20 bits per heavy atom. The molecule has 0 aromatic rings. The molecule has 3 rings (SSSR count). The van der Waals surface area contributed by atoms with E-state index in [1.165, 1.54) is 5.57 Å². The molecule has 11 nitrogen and oxygen atoms in total. The van der Waals surface area contributed by atoms with Crippen LogP contribution >= 0.6 is 0 Å². The summed E-state index contributed by atoms with van der Waals surface area (Å²) in [6.45, 7) is 18.3. The first-order valence-corrected chi connectivity index (χ1v) is 17.9. The maximum absolute atomic E-state index is 13.3. The van der Waals surface area contributed by atoms with Gasteiger partial charge in [-0.1, -0.05) is 56.7 Å². The van der Waals surface area contributed by atoms with Gasteiger partial charge in [0.1, 0.15) is 11.7 Å². The van der Waals surface area contributed by atoms with Gasteiger partial charge >= 0.3 is 12.1 Å². The smallest absolute Gasteiger partial charge is 0.410 e. The van der Waals surface area contributed by atoms with Crippen molar-refractivity contribution in [3.63, 3.8) is 0 Å². The molecule has 0 aliphatic carbocycles. The molecule has 49 heavy (non-hydrogen) atoms. The van der Waals surface area contributed by atoms with E-state index in [1.54, 1.807) is 49.1 Å². The number of carbonyl (C=O) groups is 2. The van der Waals surface area contributed by atoms with Crippen molar-refractivity contribution >= 4 is 12.1 Å². The van der Waals surface area contributed by atoms with Crippen molar-refractivity contribution in [2.45, 2.75) is 135 Å². The summed E-state index contributed by atoms with van der Waals surface area (Å²) in [5.41, 5.74) is -0.701. The Labute approximate surface area is 293 Å². The Morgan fingerprint density at radius 3 is 2.51 bits per heavy atom. The number of aliphatic hydroxyl groups excluding tert-OH is 2. The monoisotopic (exact) mass is 690 g/mol. The molecule has 3 heterocycles. The second kappa shape index (κ2) is 18.1. The van der Waals surface area contributed by atoms with E-state index in [1.807, 2.05) is 27.7 Å². The summed E-state index contributed by atoms with van der Waals surface area (Å²) in [5.74, 6) is -0.956. The molecule has 11 heteroatoms. The molecule has 0 radical (unpaired) electrons. The molecule has 0 aromatic heterocycles. The quantitative estimate of drug-likeness (QED) is 0.107. The van der Waals surface area contributed by atoms with E-state index in [0.29, 0.717) is 31.5 Å². The van der Waals surface area contributed by atoms with Crippen LogP contribution in [0.3, 0.4) is 0 Å². The minimum absolute atomic E-state index is 0.0130. The second-order valence-electron chi connectivity index (χ2n) is 15.1. The van der Waals surface area contributed by atoms with Gasteiger partial charge in [0.15, 0.2) is 6.10 Å². The number of nitrogens with zero attached hydrogens (tertiary/aromatic N) is 2. The maximum atomic E-state index is 13.3.